The molecule has 0 spiro atoms. The lowest BCUT2D eigenvalue weighted by Crippen LogP contribution is -2.30. The number of para-hydroxylation sites is 4. The van der Waals surface area contributed by atoms with Crippen LogP contribution in [0.15, 0.2) is 199 Å². The van der Waals surface area contributed by atoms with Gasteiger partial charge >= 0.3 is 0 Å². The van der Waals surface area contributed by atoms with Gasteiger partial charge in [-0.1, -0.05) is 146 Å². The Hall–Kier alpha value is -5.86. The van der Waals surface area contributed by atoms with Crippen LogP contribution < -0.4 is 9.80 Å². The van der Waals surface area contributed by atoms with E-state index in [4.69, 9.17) is 0 Å². The molecule has 0 saturated heterocycles. The van der Waals surface area contributed by atoms with Crippen molar-refractivity contribution in [3.05, 3.63) is 222 Å². The maximum absolute atomic E-state index is 2.57. The summed E-state index contributed by atoms with van der Waals surface area (Å²) in [6.07, 6.45) is 22.5. The van der Waals surface area contributed by atoms with Gasteiger partial charge in [-0.05, 0) is 82.3 Å². The van der Waals surface area contributed by atoms with Crippen molar-refractivity contribution in [3.63, 3.8) is 0 Å². The Labute approximate surface area is 295 Å². The fraction of sp³-hybridized carbons (Fsp3) is 0.125. The summed E-state index contributed by atoms with van der Waals surface area (Å²) >= 11 is 0. The van der Waals surface area contributed by atoms with Gasteiger partial charge in [0.25, 0.3) is 0 Å². The zero-order valence-electron chi connectivity index (χ0n) is 27.9. The number of nitrogens with zero attached hydrogens (tertiary/aromatic N) is 2. The zero-order chi connectivity index (χ0) is 33.0. The molecule has 0 aromatic heterocycles. The molecule has 2 heteroatoms. The van der Waals surface area contributed by atoms with E-state index in [2.05, 4.69) is 198 Å². The third-order valence-electron chi connectivity index (χ3n) is 11.4. The lowest BCUT2D eigenvalue weighted by Gasteiger charge is -2.33. The van der Waals surface area contributed by atoms with Gasteiger partial charge in [0, 0.05) is 52.1 Å². The summed E-state index contributed by atoms with van der Waals surface area (Å²) in [5.41, 5.74) is 14.9. The maximum atomic E-state index is 2.57. The Bertz CT molecular complexity index is 2290. The highest BCUT2D eigenvalue weighted by Crippen LogP contribution is 2.54. The topological polar surface area (TPSA) is 6.48 Å². The second kappa shape index (κ2) is 11.9. The lowest BCUT2D eigenvalue weighted by molar-refractivity contribution is 0.647. The van der Waals surface area contributed by atoms with Crippen LogP contribution in [-0.2, 0) is 0 Å². The van der Waals surface area contributed by atoms with Crippen LogP contribution in [0.1, 0.15) is 46.4 Å². The van der Waals surface area contributed by atoms with Crippen molar-refractivity contribution in [1.82, 2.24) is 0 Å². The maximum Gasteiger partial charge on any atom is 0.0629 e. The van der Waals surface area contributed by atoms with E-state index in [0.29, 0.717) is 11.8 Å². The SMILES string of the molecule is C1=CC(C2=CC3c4ccccc4N(c4ccccc4)C3C=C2)C(c2ccccc2C2=CC=C3C(C2)c2ccccc2N3c2ccccc2)C=C1. The summed E-state index contributed by atoms with van der Waals surface area (Å²) in [5.74, 6) is 1.13. The minimum Gasteiger partial charge on any atom is -0.333 e. The van der Waals surface area contributed by atoms with Gasteiger partial charge in [-0.25, -0.2) is 0 Å². The molecular weight excluding hydrogens is 605 g/mol. The Morgan fingerprint density at radius 1 is 0.500 bits per heavy atom. The molecule has 0 radical (unpaired) electrons. The van der Waals surface area contributed by atoms with Crippen molar-refractivity contribution in [1.29, 1.82) is 0 Å². The fourth-order valence-electron chi connectivity index (χ4n) is 9.17. The first-order valence-electron chi connectivity index (χ1n) is 18.0. The van der Waals surface area contributed by atoms with Crippen molar-refractivity contribution < 1.29 is 0 Å². The Morgan fingerprint density at radius 3 is 1.94 bits per heavy atom. The van der Waals surface area contributed by atoms with Crippen LogP contribution in [0.25, 0.3) is 5.57 Å². The van der Waals surface area contributed by atoms with Gasteiger partial charge in [-0.2, -0.15) is 0 Å². The number of hydrogen-bond acceptors (Lipinski definition) is 2. The molecule has 5 unspecified atom stereocenters. The molecule has 5 aromatic carbocycles. The minimum atomic E-state index is 0.244. The molecule has 0 amide bonds. The predicted molar refractivity (Wildman–Crippen MR) is 208 cm³/mol. The van der Waals surface area contributed by atoms with E-state index in [1.807, 2.05) is 0 Å². The third kappa shape index (κ3) is 4.63. The van der Waals surface area contributed by atoms with Crippen LogP contribution in [-0.4, -0.2) is 6.04 Å². The second-order valence-electron chi connectivity index (χ2n) is 14.0. The largest absolute Gasteiger partial charge is 0.333 e. The predicted octanol–water partition coefficient (Wildman–Crippen LogP) is 11.9. The Balaban J connectivity index is 1.01. The number of allylic oxidation sites excluding steroid dienone is 10. The van der Waals surface area contributed by atoms with Gasteiger partial charge < -0.3 is 9.80 Å². The molecule has 0 bridgehead atoms. The summed E-state index contributed by atoms with van der Waals surface area (Å²) in [6.45, 7) is 0. The third-order valence-corrected chi connectivity index (χ3v) is 11.4. The van der Waals surface area contributed by atoms with Crippen molar-refractivity contribution in [2.24, 2.45) is 5.92 Å². The van der Waals surface area contributed by atoms with E-state index in [-0.39, 0.29) is 17.9 Å². The minimum absolute atomic E-state index is 0.244. The highest BCUT2D eigenvalue weighted by atomic mass is 15.2. The van der Waals surface area contributed by atoms with E-state index in [1.54, 1.807) is 0 Å². The number of hydrogen-bond donors (Lipinski definition) is 0. The van der Waals surface area contributed by atoms with E-state index in [1.165, 1.54) is 61.8 Å². The lowest BCUT2D eigenvalue weighted by atomic mass is 9.73. The highest BCUT2D eigenvalue weighted by Gasteiger charge is 2.40. The molecule has 0 saturated carbocycles. The first-order chi connectivity index (χ1) is 24.8. The van der Waals surface area contributed by atoms with Crippen LogP contribution in [0.3, 0.4) is 0 Å². The molecule has 5 aliphatic rings. The molecule has 3 aliphatic carbocycles. The Morgan fingerprint density at radius 2 is 1.14 bits per heavy atom. The average Bonchev–Trinajstić information content (AvgIpc) is 3.71. The molecule has 50 heavy (non-hydrogen) atoms. The fourth-order valence-corrected chi connectivity index (χ4v) is 9.17. The van der Waals surface area contributed by atoms with Crippen LogP contribution in [0.5, 0.6) is 0 Å². The second-order valence-corrected chi connectivity index (χ2v) is 14.0. The molecule has 0 N–H and O–H groups in total. The molecular formula is C48H38N2. The molecule has 0 fully saturated rings. The average molecular weight is 643 g/mol. The standard InChI is InChI=1S/C48H38N2/c1-3-15-35(16-4-1)49-45-25-13-11-23-41(45)43-31-33(27-29-47(43)49)37-19-7-9-21-39(37)40-22-10-8-20-38(40)34-28-30-48-44(32-34)42-24-12-14-26-46(42)50(48)36-17-5-2-6-18-36/h1-31,37,39,43-44,47H,32H2. The van der Waals surface area contributed by atoms with Crippen molar-refractivity contribution in [3.8, 4) is 0 Å². The summed E-state index contributed by atoms with van der Waals surface area (Å²) in [4.78, 5) is 4.98. The van der Waals surface area contributed by atoms with Gasteiger partial charge in [0.1, 0.15) is 0 Å². The van der Waals surface area contributed by atoms with Gasteiger partial charge in [0.15, 0.2) is 0 Å². The summed E-state index contributed by atoms with van der Waals surface area (Å²) in [5, 5.41) is 0. The van der Waals surface area contributed by atoms with E-state index < -0.39 is 0 Å². The van der Waals surface area contributed by atoms with Crippen LogP contribution in [0, 0.1) is 5.92 Å². The first kappa shape index (κ1) is 29.1. The van der Waals surface area contributed by atoms with Crippen LogP contribution >= 0.6 is 0 Å². The van der Waals surface area contributed by atoms with Crippen LogP contribution in [0.4, 0.5) is 22.7 Å². The summed E-state index contributed by atoms with van der Waals surface area (Å²) in [7, 11) is 0. The quantitative estimate of drug-likeness (QED) is 0.188. The van der Waals surface area contributed by atoms with Crippen molar-refractivity contribution in [2.75, 3.05) is 9.80 Å². The Kier molecular flexibility index (Phi) is 6.94. The van der Waals surface area contributed by atoms with E-state index in [9.17, 15) is 0 Å². The molecule has 5 aromatic rings. The van der Waals surface area contributed by atoms with Crippen LogP contribution in [0.2, 0.25) is 0 Å². The monoisotopic (exact) mass is 642 g/mol. The van der Waals surface area contributed by atoms with Crippen molar-refractivity contribution >= 4 is 28.3 Å². The van der Waals surface area contributed by atoms with Gasteiger partial charge in [-0.15, -0.1) is 0 Å². The molecule has 2 heterocycles. The van der Waals surface area contributed by atoms with E-state index >= 15 is 0 Å². The highest BCUT2D eigenvalue weighted by molar-refractivity contribution is 5.83. The number of anilines is 4. The molecule has 2 aliphatic heterocycles. The molecule has 10 rings (SSSR count). The zero-order valence-corrected chi connectivity index (χ0v) is 27.9. The number of fused-ring (bicyclic) bond motifs is 6. The number of rotatable bonds is 5. The molecule has 240 valence electrons. The molecule has 2 nitrogen and oxygen atoms in total. The van der Waals surface area contributed by atoms with E-state index in [0.717, 1.165) is 6.42 Å². The smallest absolute Gasteiger partial charge is 0.0629 e. The van der Waals surface area contributed by atoms with Gasteiger partial charge in [0.05, 0.1) is 6.04 Å². The summed E-state index contributed by atoms with van der Waals surface area (Å²) in [6, 6.07) is 49.0. The molecule has 5 atom stereocenters. The summed E-state index contributed by atoms with van der Waals surface area (Å²) < 4.78 is 0. The number of benzene rings is 5. The van der Waals surface area contributed by atoms with Gasteiger partial charge in [0.2, 0.25) is 0 Å². The van der Waals surface area contributed by atoms with Gasteiger partial charge in [-0.3, -0.25) is 0 Å². The normalized spacial score (nSPS) is 24.2. The van der Waals surface area contributed by atoms with Crippen molar-refractivity contribution in [2.45, 2.75) is 30.2 Å². The first-order valence-corrected chi connectivity index (χ1v) is 18.0.